The summed E-state index contributed by atoms with van der Waals surface area (Å²) in [6.07, 6.45) is 6.16. The van der Waals surface area contributed by atoms with Gasteiger partial charge in [0.2, 0.25) is 0 Å². The third kappa shape index (κ3) is 8.47. The summed E-state index contributed by atoms with van der Waals surface area (Å²) >= 11 is 0. The minimum Gasteiger partial charge on any atom is -0.393 e. The lowest BCUT2D eigenvalue weighted by Crippen LogP contribution is -2.06. The van der Waals surface area contributed by atoms with Gasteiger partial charge < -0.3 is 5.11 Å². The van der Waals surface area contributed by atoms with Crippen molar-refractivity contribution in [3.8, 4) is 0 Å². The van der Waals surface area contributed by atoms with Crippen LogP contribution in [-0.4, -0.2) is 11.2 Å². The molecule has 15 heavy (non-hydrogen) atoms. The molecule has 88 valence electrons. The number of hydrogen-bond acceptors (Lipinski definition) is 1. The summed E-state index contributed by atoms with van der Waals surface area (Å²) < 4.78 is 0. The van der Waals surface area contributed by atoms with Crippen LogP contribution in [0.1, 0.15) is 66.2 Å². The fourth-order valence-corrected chi connectivity index (χ4v) is 1.59. The Morgan fingerprint density at radius 3 is 2.33 bits per heavy atom. The third-order valence-corrected chi connectivity index (χ3v) is 2.64. The van der Waals surface area contributed by atoms with Crippen LogP contribution in [0.25, 0.3) is 0 Å². The van der Waals surface area contributed by atoms with Crippen molar-refractivity contribution in [1.29, 1.82) is 0 Å². The van der Waals surface area contributed by atoms with E-state index in [1.54, 1.807) is 0 Å². The topological polar surface area (TPSA) is 20.2 Å². The Morgan fingerprint density at radius 2 is 1.80 bits per heavy atom. The first-order valence-electron chi connectivity index (χ1n) is 6.20. The minimum absolute atomic E-state index is 0.172. The van der Waals surface area contributed by atoms with Crippen molar-refractivity contribution in [2.75, 3.05) is 0 Å². The van der Waals surface area contributed by atoms with Gasteiger partial charge in [-0.2, -0.15) is 0 Å². The fraction of sp³-hybridized carbons (Fsp3) is 0.786. The van der Waals surface area contributed by atoms with E-state index >= 15 is 0 Å². The Balaban J connectivity index is 3.95. The van der Waals surface area contributed by atoms with Crippen LogP contribution in [0.3, 0.4) is 0 Å². The van der Waals surface area contributed by atoms with Crippen LogP contribution >= 0.6 is 0 Å². The summed E-state index contributed by atoms with van der Waals surface area (Å²) in [4.78, 5) is 0. The van der Waals surface area contributed by atoms with E-state index in [1.807, 2.05) is 0 Å². The highest BCUT2D eigenvalue weighted by Gasteiger charge is 2.04. The molecule has 0 radical (unpaired) electrons. The first-order chi connectivity index (χ1) is 7.10. The van der Waals surface area contributed by atoms with E-state index in [0.29, 0.717) is 0 Å². The second-order valence-electron chi connectivity index (χ2n) is 4.39. The van der Waals surface area contributed by atoms with E-state index in [-0.39, 0.29) is 6.10 Å². The van der Waals surface area contributed by atoms with E-state index in [9.17, 15) is 5.11 Å². The second-order valence-corrected chi connectivity index (χ2v) is 4.39. The lowest BCUT2D eigenvalue weighted by Gasteiger charge is -2.09. The van der Waals surface area contributed by atoms with E-state index in [1.165, 1.54) is 24.0 Å². The molecule has 0 amide bonds. The Morgan fingerprint density at radius 1 is 1.13 bits per heavy atom. The summed E-state index contributed by atoms with van der Waals surface area (Å²) in [6.45, 7) is 8.47. The van der Waals surface area contributed by atoms with E-state index in [2.05, 4.69) is 33.4 Å². The van der Waals surface area contributed by atoms with Crippen LogP contribution in [0.4, 0.5) is 0 Å². The molecule has 0 aromatic heterocycles. The predicted molar refractivity (Wildman–Crippen MR) is 66.9 cm³/mol. The minimum atomic E-state index is -0.172. The Bertz CT molecular complexity index is 221. The molecule has 1 N–H and O–H groups in total. The quantitative estimate of drug-likeness (QED) is 0.493. The number of aliphatic hydroxyl groups excluding tert-OH is 1. The van der Waals surface area contributed by atoms with Crippen molar-refractivity contribution in [3.63, 3.8) is 0 Å². The Kier molecular flexibility index (Phi) is 8.46. The zero-order valence-electron chi connectivity index (χ0n) is 10.8. The molecule has 1 heteroatoms. The molecule has 1 atom stereocenters. The van der Waals surface area contributed by atoms with Crippen molar-refractivity contribution >= 4 is 0 Å². The van der Waals surface area contributed by atoms with Crippen LogP contribution in [0.5, 0.6) is 0 Å². The molecule has 0 aromatic carbocycles. The third-order valence-electron chi connectivity index (χ3n) is 2.64. The predicted octanol–water partition coefficient (Wildman–Crippen LogP) is 4.22. The first kappa shape index (κ1) is 14.5. The number of aliphatic hydroxyl groups is 1. The number of unbranched alkanes of at least 4 members (excludes halogenated alkanes) is 2. The van der Waals surface area contributed by atoms with E-state index in [0.717, 1.165) is 25.7 Å². The molecule has 0 saturated carbocycles. The zero-order valence-corrected chi connectivity index (χ0v) is 10.8. The lowest BCUT2D eigenvalue weighted by molar-refractivity contribution is 0.161. The molecular formula is C14H26O. The molecule has 0 bridgehead atoms. The summed E-state index contributed by atoms with van der Waals surface area (Å²) in [6, 6.07) is 0. The van der Waals surface area contributed by atoms with E-state index < -0.39 is 0 Å². The summed E-state index contributed by atoms with van der Waals surface area (Å²) in [7, 11) is 0. The van der Waals surface area contributed by atoms with Gasteiger partial charge in [-0.3, -0.25) is 0 Å². The first-order valence-corrected chi connectivity index (χ1v) is 6.20. The zero-order chi connectivity index (χ0) is 11.7. The van der Waals surface area contributed by atoms with Crippen LogP contribution in [-0.2, 0) is 0 Å². The maximum atomic E-state index is 9.76. The second kappa shape index (κ2) is 8.76. The maximum Gasteiger partial charge on any atom is 0.0583 e. The van der Waals surface area contributed by atoms with Crippen molar-refractivity contribution in [3.05, 3.63) is 16.9 Å². The average molecular weight is 210 g/mol. The molecule has 0 spiro atoms. The molecule has 0 aliphatic heterocycles. The molecule has 0 fully saturated rings. The van der Waals surface area contributed by atoms with Gasteiger partial charge in [-0.05, 0) is 37.8 Å². The van der Waals surface area contributed by atoms with Crippen molar-refractivity contribution in [2.24, 2.45) is 0 Å². The van der Waals surface area contributed by atoms with Gasteiger partial charge in [0.05, 0.1) is 6.10 Å². The van der Waals surface area contributed by atoms with E-state index in [4.69, 9.17) is 0 Å². The SMILES string of the molecule is CCCCCC(O)CC(C)=C=C(C)CC. The van der Waals surface area contributed by atoms with Gasteiger partial charge in [0.25, 0.3) is 0 Å². The maximum absolute atomic E-state index is 9.76. The molecule has 0 rings (SSSR count). The molecule has 0 aliphatic rings. The highest BCUT2D eigenvalue weighted by atomic mass is 16.3. The summed E-state index contributed by atoms with van der Waals surface area (Å²) in [5, 5.41) is 9.76. The van der Waals surface area contributed by atoms with Crippen LogP contribution in [0.15, 0.2) is 16.9 Å². The highest BCUT2D eigenvalue weighted by Crippen LogP contribution is 2.11. The monoisotopic (exact) mass is 210 g/mol. The van der Waals surface area contributed by atoms with Gasteiger partial charge in [-0.15, -0.1) is 5.73 Å². The summed E-state index contributed by atoms with van der Waals surface area (Å²) in [5.41, 5.74) is 5.77. The molecular weight excluding hydrogens is 184 g/mol. The highest BCUT2D eigenvalue weighted by molar-refractivity contribution is 5.06. The van der Waals surface area contributed by atoms with Crippen molar-refractivity contribution in [2.45, 2.75) is 72.3 Å². The molecule has 1 nitrogen and oxygen atoms in total. The largest absolute Gasteiger partial charge is 0.393 e. The fourth-order valence-electron chi connectivity index (χ4n) is 1.59. The van der Waals surface area contributed by atoms with Crippen molar-refractivity contribution < 1.29 is 5.11 Å². The number of rotatable bonds is 7. The number of hydrogen-bond donors (Lipinski definition) is 1. The molecule has 0 saturated heterocycles. The van der Waals surface area contributed by atoms with Crippen LogP contribution in [0, 0.1) is 0 Å². The molecule has 0 aliphatic carbocycles. The smallest absolute Gasteiger partial charge is 0.0583 e. The van der Waals surface area contributed by atoms with Crippen molar-refractivity contribution in [1.82, 2.24) is 0 Å². The Hall–Kier alpha value is -0.520. The molecule has 1 unspecified atom stereocenters. The van der Waals surface area contributed by atoms with Gasteiger partial charge in [0, 0.05) is 6.42 Å². The lowest BCUT2D eigenvalue weighted by atomic mass is 10.0. The molecule has 0 aromatic rings. The summed E-state index contributed by atoms with van der Waals surface area (Å²) in [5.74, 6) is 0. The standard InChI is InChI=1S/C14H26O/c1-5-7-8-9-14(15)11-13(4)10-12(3)6-2/h14-15H,5-9,11H2,1-4H3. The Labute approximate surface area is 94.9 Å². The van der Waals surface area contributed by atoms with Gasteiger partial charge in [0.1, 0.15) is 0 Å². The van der Waals surface area contributed by atoms with Gasteiger partial charge in [-0.1, -0.05) is 33.1 Å². The normalized spacial score (nSPS) is 12.1. The van der Waals surface area contributed by atoms with Gasteiger partial charge in [0.15, 0.2) is 0 Å². The van der Waals surface area contributed by atoms with Crippen LogP contribution in [0.2, 0.25) is 0 Å². The van der Waals surface area contributed by atoms with Crippen LogP contribution < -0.4 is 0 Å². The van der Waals surface area contributed by atoms with Gasteiger partial charge in [-0.25, -0.2) is 0 Å². The average Bonchev–Trinajstić information content (AvgIpc) is 2.17. The molecule has 0 heterocycles. The van der Waals surface area contributed by atoms with Gasteiger partial charge >= 0.3 is 0 Å².